The summed E-state index contributed by atoms with van der Waals surface area (Å²) in [6.45, 7) is 2.22. The van der Waals surface area contributed by atoms with Crippen LogP contribution >= 0.6 is 15.9 Å². The lowest BCUT2D eigenvalue weighted by Crippen LogP contribution is -2.30. The maximum absolute atomic E-state index is 12.1. The molecule has 0 heterocycles. The van der Waals surface area contributed by atoms with Gasteiger partial charge in [-0.1, -0.05) is 12.1 Å². The van der Waals surface area contributed by atoms with E-state index < -0.39 is 0 Å². The highest BCUT2D eigenvalue weighted by atomic mass is 79.9. The van der Waals surface area contributed by atoms with Gasteiger partial charge < -0.3 is 20.1 Å². The normalized spacial score (nSPS) is 11.7. The summed E-state index contributed by atoms with van der Waals surface area (Å²) in [6.07, 6.45) is 0. The third kappa shape index (κ3) is 4.97. The molecule has 0 fully saturated rings. The molecule has 0 aromatic heterocycles. The highest BCUT2D eigenvalue weighted by molar-refractivity contribution is 9.10. The van der Waals surface area contributed by atoms with E-state index in [1.54, 1.807) is 20.3 Å². The van der Waals surface area contributed by atoms with E-state index >= 15 is 0 Å². The maximum Gasteiger partial charge on any atom is 0.238 e. The Morgan fingerprint density at radius 3 is 2.62 bits per heavy atom. The van der Waals surface area contributed by atoms with Crippen LogP contribution in [0.25, 0.3) is 0 Å². The molecule has 0 aliphatic rings. The molecule has 2 aromatic rings. The predicted molar refractivity (Wildman–Crippen MR) is 98.7 cm³/mol. The SMILES string of the molecule is COc1cccc(NC(=O)CN[C@@H](C)c2ccc(OC)c(Br)c2)c1. The van der Waals surface area contributed by atoms with Gasteiger partial charge in [0.1, 0.15) is 11.5 Å². The van der Waals surface area contributed by atoms with Gasteiger partial charge in [0.05, 0.1) is 25.2 Å². The van der Waals surface area contributed by atoms with Crippen molar-refractivity contribution in [3.8, 4) is 11.5 Å². The third-order valence-corrected chi connectivity index (χ3v) is 4.22. The Kier molecular flexibility index (Phi) is 6.63. The minimum Gasteiger partial charge on any atom is -0.497 e. The summed E-state index contributed by atoms with van der Waals surface area (Å²) in [4.78, 5) is 12.1. The number of hydrogen-bond acceptors (Lipinski definition) is 4. The molecule has 0 radical (unpaired) electrons. The van der Waals surface area contributed by atoms with Crippen molar-refractivity contribution in [2.75, 3.05) is 26.1 Å². The van der Waals surface area contributed by atoms with Crippen molar-refractivity contribution in [3.63, 3.8) is 0 Å². The van der Waals surface area contributed by atoms with Crippen molar-refractivity contribution in [3.05, 3.63) is 52.5 Å². The number of carbonyl (C=O) groups is 1. The number of rotatable bonds is 7. The second-order valence-electron chi connectivity index (χ2n) is 5.28. The van der Waals surface area contributed by atoms with E-state index in [0.717, 1.165) is 15.8 Å². The number of carbonyl (C=O) groups excluding carboxylic acids is 1. The maximum atomic E-state index is 12.1. The average Bonchev–Trinajstić information content (AvgIpc) is 2.59. The van der Waals surface area contributed by atoms with Gasteiger partial charge in [0.2, 0.25) is 5.91 Å². The van der Waals surface area contributed by atoms with Gasteiger partial charge in [-0.05, 0) is 52.7 Å². The first kappa shape index (κ1) is 18.3. The molecule has 6 heteroatoms. The Bertz CT molecular complexity index is 706. The number of amides is 1. The van der Waals surface area contributed by atoms with E-state index in [1.165, 1.54) is 0 Å². The Balaban J connectivity index is 1.89. The zero-order valence-electron chi connectivity index (χ0n) is 13.9. The summed E-state index contributed by atoms with van der Waals surface area (Å²) in [6, 6.07) is 13.2. The van der Waals surface area contributed by atoms with Gasteiger partial charge in [0.25, 0.3) is 0 Å². The fraction of sp³-hybridized carbons (Fsp3) is 0.278. The molecule has 5 nitrogen and oxygen atoms in total. The molecule has 128 valence electrons. The molecule has 0 spiro atoms. The number of halogens is 1. The van der Waals surface area contributed by atoms with Crippen molar-refractivity contribution < 1.29 is 14.3 Å². The fourth-order valence-corrected chi connectivity index (χ4v) is 2.78. The van der Waals surface area contributed by atoms with E-state index in [2.05, 4.69) is 26.6 Å². The van der Waals surface area contributed by atoms with Gasteiger partial charge >= 0.3 is 0 Å². The molecule has 0 unspecified atom stereocenters. The first-order valence-electron chi connectivity index (χ1n) is 7.54. The lowest BCUT2D eigenvalue weighted by atomic mass is 10.1. The van der Waals surface area contributed by atoms with E-state index in [1.807, 2.05) is 43.3 Å². The van der Waals surface area contributed by atoms with Crippen LogP contribution in [0.1, 0.15) is 18.5 Å². The number of benzene rings is 2. The monoisotopic (exact) mass is 392 g/mol. The predicted octanol–water partition coefficient (Wildman–Crippen LogP) is 3.76. The summed E-state index contributed by atoms with van der Waals surface area (Å²) >= 11 is 3.47. The standard InChI is InChI=1S/C18H21BrN2O3/c1-12(13-7-8-17(24-3)16(19)9-13)20-11-18(22)21-14-5-4-6-15(10-14)23-2/h4-10,12,20H,11H2,1-3H3,(H,21,22)/t12-/m0/s1. The number of methoxy groups -OCH3 is 2. The highest BCUT2D eigenvalue weighted by Gasteiger charge is 2.10. The van der Waals surface area contributed by atoms with Gasteiger partial charge in [-0.2, -0.15) is 0 Å². The average molecular weight is 393 g/mol. The lowest BCUT2D eigenvalue weighted by Gasteiger charge is -2.15. The summed E-state index contributed by atoms with van der Waals surface area (Å²) in [5.41, 5.74) is 1.78. The largest absolute Gasteiger partial charge is 0.497 e. The molecule has 2 N–H and O–H groups in total. The van der Waals surface area contributed by atoms with Crippen molar-refractivity contribution in [1.82, 2.24) is 5.32 Å². The number of nitrogens with one attached hydrogen (secondary N) is 2. The van der Waals surface area contributed by atoms with Crippen LogP contribution in [0.2, 0.25) is 0 Å². The zero-order chi connectivity index (χ0) is 17.5. The lowest BCUT2D eigenvalue weighted by molar-refractivity contribution is -0.115. The van der Waals surface area contributed by atoms with E-state index in [9.17, 15) is 4.79 Å². The minimum absolute atomic E-state index is 0.0308. The van der Waals surface area contributed by atoms with Gasteiger partial charge in [-0.3, -0.25) is 4.79 Å². The van der Waals surface area contributed by atoms with Crippen molar-refractivity contribution >= 4 is 27.5 Å². The van der Waals surface area contributed by atoms with Gasteiger partial charge in [-0.25, -0.2) is 0 Å². The fourth-order valence-electron chi connectivity index (χ4n) is 2.22. The van der Waals surface area contributed by atoms with Crippen LogP contribution in [0, 0.1) is 0 Å². The molecule has 0 saturated heterocycles. The highest BCUT2D eigenvalue weighted by Crippen LogP contribution is 2.27. The molecule has 1 amide bonds. The molecule has 0 aliphatic carbocycles. The van der Waals surface area contributed by atoms with Crippen LogP contribution in [0.3, 0.4) is 0 Å². The summed E-state index contributed by atoms with van der Waals surface area (Å²) < 4.78 is 11.2. The van der Waals surface area contributed by atoms with Crippen molar-refractivity contribution in [2.24, 2.45) is 0 Å². The van der Waals surface area contributed by atoms with Crippen molar-refractivity contribution in [2.45, 2.75) is 13.0 Å². The van der Waals surface area contributed by atoms with Crippen LogP contribution in [-0.2, 0) is 4.79 Å². The third-order valence-electron chi connectivity index (χ3n) is 3.60. The summed E-state index contributed by atoms with van der Waals surface area (Å²) in [5, 5.41) is 6.05. The van der Waals surface area contributed by atoms with Crippen LogP contribution in [0.15, 0.2) is 46.9 Å². The number of hydrogen-bond donors (Lipinski definition) is 2. The Labute approximate surface area is 150 Å². The Hall–Kier alpha value is -2.05. The summed E-state index contributed by atoms with van der Waals surface area (Å²) in [5.74, 6) is 1.38. The minimum atomic E-state index is -0.109. The Morgan fingerprint density at radius 2 is 1.96 bits per heavy atom. The van der Waals surface area contributed by atoms with E-state index in [4.69, 9.17) is 9.47 Å². The van der Waals surface area contributed by atoms with Crippen LogP contribution in [0.5, 0.6) is 11.5 Å². The second kappa shape index (κ2) is 8.70. The quantitative estimate of drug-likeness (QED) is 0.752. The van der Waals surface area contributed by atoms with E-state index in [-0.39, 0.29) is 18.5 Å². The molecule has 0 aliphatic heterocycles. The van der Waals surface area contributed by atoms with E-state index in [0.29, 0.717) is 11.4 Å². The molecule has 24 heavy (non-hydrogen) atoms. The second-order valence-corrected chi connectivity index (χ2v) is 6.13. The first-order valence-corrected chi connectivity index (χ1v) is 8.33. The molecule has 2 aromatic carbocycles. The van der Waals surface area contributed by atoms with Crippen LogP contribution < -0.4 is 20.1 Å². The first-order chi connectivity index (χ1) is 11.5. The number of ether oxygens (including phenoxy) is 2. The molecular formula is C18H21BrN2O3. The topological polar surface area (TPSA) is 59.6 Å². The molecule has 2 rings (SSSR count). The van der Waals surface area contributed by atoms with Crippen LogP contribution in [0.4, 0.5) is 5.69 Å². The van der Waals surface area contributed by atoms with Gasteiger partial charge in [0.15, 0.2) is 0 Å². The molecule has 1 atom stereocenters. The molecular weight excluding hydrogens is 372 g/mol. The zero-order valence-corrected chi connectivity index (χ0v) is 15.5. The van der Waals surface area contributed by atoms with Crippen LogP contribution in [-0.4, -0.2) is 26.7 Å². The van der Waals surface area contributed by atoms with Gasteiger partial charge in [-0.15, -0.1) is 0 Å². The van der Waals surface area contributed by atoms with Gasteiger partial charge in [0, 0.05) is 17.8 Å². The molecule has 0 bridgehead atoms. The number of anilines is 1. The Morgan fingerprint density at radius 1 is 1.17 bits per heavy atom. The van der Waals surface area contributed by atoms with Crippen molar-refractivity contribution in [1.29, 1.82) is 0 Å². The summed E-state index contributed by atoms with van der Waals surface area (Å²) in [7, 11) is 3.22. The smallest absolute Gasteiger partial charge is 0.238 e. The molecule has 0 saturated carbocycles.